The van der Waals surface area contributed by atoms with Crippen molar-refractivity contribution in [2.24, 2.45) is 0 Å². The molecule has 0 aromatic heterocycles. The molecule has 0 radical (unpaired) electrons. The van der Waals surface area contributed by atoms with E-state index in [4.69, 9.17) is 23.4 Å². The van der Waals surface area contributed by atoms with Crippen LogP contribution in [0.15, 0.2) is 0 Å². The van der Waals surface area contributed by atoms with Gasteiger partial charge in [-0.05, 0) is 47.3 Å². The van der Waals surface area contributed by atoms with E-state index in [9.17, 15) is 5.11 Å². The lowest BCUT2D eigenvalue weighted by atomic mass is 10.0. The summed E-state index contributed by atoms with van der Waals surface area (Å²) in [5, 5.41) is 10.8. The van der Waals surface area contributed by atoms with Gasteiger partial charge in [-0.25, -0.2) is 0 Å². The maximum Gasteiger partial charge on any atom is 0.184 e. The molecule has 0 aromatic carbocycles. The van der Waals surface area contributed by atoms with Crippen LogP contribution in [-0.4, -0.2) is 62.6 Å². The van der Waals surface area contributed by atoms with Gasteiger partial charge in [0.2, 0.25) is 0 Å². The van der Waals surface area contributed by atoms with Gasteiger partial charge >= 0.3 is 0 Å². The lowest BCUT2D eigenvalue weighted by molar-refractivity contribution is -0.180. The summed E-state index contributed by atoms with van der Waals surface area (Å²) >= 11 is 0. The molecule has 2 fully saturated rings. The molecule has 130 valence electrons. The van der Waals surface area contributed by atoms with Crippen LogP contribution in [0.3, 0.4) is 0 Å². The Bertz CT molecular complexity index is 392. The molecule has 7 heteroatoms. The van der Waals surface area contributed by atoms with E-state index < -0.39 is 38.2 Å². The zero-order chi connectivity index (χ0) is 16.8. The van der Waals surface area contributed by atoms with Gasteiger partial charge in [0.15, 0.2) is 19.9 Å². The van der Waals surface area contributed by atoms with Gasteiger partial charge in [0.25, 0.3) is 0 Å². The Morgan fingerprint density at radius 1 is 0.955 bits per heavy atom. The minimum absolute atomic E-state index is 0.316. The summed E-state index contributed by atoms with van der Waals surface area (Å²) in [4.78, 5) is 0. The molecule has 2 aliphatic heterocycles. The molecule has 2 saturated heterocycles. The van der Waals surface area contributed by atoms with Gasteiger partial charge in [0.05, 0.1) is 13.2 Å². The average molecular weight is 334 g/mol. The van der Waals surface area contributed by atoms with Gasteiger partial charge in [-0.3, -0.25) is 0 Å². The van der Waals surface area contributed by atoms with Crippen molar-refractivity contribution in [3.8, 4) is 0 Å². The molecule has 0 unspecified atom stereocenters. The second kappa shape index (κ2) is 6.12. The van der Waals surface area contributed by atoms with Crippen LogP contribution in [0.1, 0.15) is 27.7 Å². The predicted octanol–water partition coefficient (Wildman–Crippen LogP) is 1.87. The Morgan fingerprint density at radius 3 is 1.77 bits per heavy atom. The van der Waals surface area contributed by atoms with Crippen molar-refractivity contribution < 1.29 is 28.5 Å². The lowest BCUT2D eigenvalue weighted by Gasteiger charge is -2.35. The van der Waals surface area contributed by atoms with Gasteiger partial charge in [-0.2, -0.15) is 0 Å². The van der Waals surface area contributed by atoms with Crippen LogP contribution in [0.5, 0.6) is 0 Å². The SMILES string of the molecule is CC1(C)OC[C@H]([C@@H](O)[C@H](O[Si](C)(C)C)[C@H]2COC(C)(C)O2)O1. The zero-order valence-electron chi connectivity index (χ0n) is 14.7. The van der Waals surface area contributed by atoms with Crippen LogP contribution in [0.2, 0.25) is 19.6 Å². The van der Waals surface area contributed by atoms with E-state index in [1.54, 1.807) is 0 Å². The van der Waals surface area contributed by atoms with E-state index in [0.717, 1.165) is 0 Å². The molecule has 0 aliphatic carbocycles. The third-order valence-electron chi connectivity index (χ3n) is 3.63. The summed E-state index contributed by atoms with van der Waals surface area (Å²) in [7, 11) is -1.88. The molecule has 2 rings (SSSR count). The average Bonchev–Trinajstić information content (AvgIpc) is 2.87. The molecular formula is C15H30O6Si. The van der Waals surface area contributed by atoms with Gasteiger partial charge in [-0.1, -0.05) is 0 Å². The molecule has 6 nitrogen and oxygen atoms in total. The molecule has 0 aromatic rings. The van der Waals surface area contributed by atoms with Gasteiger partial charge in [-0.15, -0.1) is 0 Å². The molecule has 0 saturated carbocycles. The Morgan fingerprint density at radius 2 is 1.41 bits per heavy atom. The highest BCUT2D eigenvalue weighted by Crippen LogP contribution is 2.32. The van der Waals surface area contributed by atoms with Crippen molar-refractivity contribution in [1.29, 1.82) is 0 Å². The second-order valence-corrected chi connectivity index (χ2v) is 12.4. The maximum atomic E-state index is 10.8. The summed E-state index contributed by atoms with van der Waals surface area (Å²) in [6.45, 7) is 14.4. The normalized spacial score (nSPS) is 33.8. The number of rotatable bonds is 5. The van der Waals surface area contributed by atoms with E-state index in [1.165, 1.54) is 0 Å². The van der Waals surface area contributed by atoms with Crippen LogP contribution in [0, 0.1) is 0 Å². The molecule has 2 aliphatic rings. The largest absolute Gasteiger partial charge is 0.409 e. The van der Waals surface area contributed by atoms with E-state index in [0.29, 0.717) is 13.2 Å². The molecule has 0 bridgehead atoms. The molecule has 2 heterocycles. The number of ether oxygens (including phenoxy) is 4. The van der Waals surface area contributed by atoms with Crippen LogP contribution >= 0.6 is 0 Å². The van der Waals surface area contributed by atoms with Crippen LogP contribution in [-0.2, 0) is 23.4 Å². The molecule has 22 heavy (non-hydrogen) atoms. The first-order chi connectivity index (χ1) is 9.89. The van der Waals surface area contributed by atoms with Crippen LogP contribution in [0.4, 0.5) is 0 Å². The summed E-state index contributed by atoms with van der Waals surface area (Å²) in [5.41, 5.74) is 0. The van der Waals surface area contributed by atoms with Gasteiger partial charge in [0.1, 0.15) is 24.4 Å². The second-order valence-electron chi connectivity index (χ2n) is 7.92. The van der Waals surface area contributed by atoms with Crippen molar-refractivity contribution in [2.45, 2.75) is 83.3 Å². The smallest absolute Gasteiger partial charge is 0.184 e. The summed E-state index contributed by atoms with van der Waals surface area (Å²) in [6.07, 6.45) is -2.06. The predicted molar refractivity (Wildman–Crippen MR) is 84.0 cm³/mol. The fraction of sp³-hybridized carbons (Fsp3) is 1.00. The topological polar surface area (TPSA) is 66.4 Å². The van der Waals surface area contributed by atoms with Crippen molar-refractivity contribution >= 4 is 8.32 Å². The minimum Gasteiger partial charge on any atom is -0.409 e. The first-order valence-corrected chi connectivity index (χ1v) is 11.3. The highest BCUT2D eigenvalue weighted by Gasteiger charge is 2.47. The summed E-state index contributed by atoms with van der Waals surface area (Å²) in [6, 6.07) is 0. The molecular weight excluding hydrogens is 304 g/mol. The van der Waals surface area contributed by atoms with Gasteiger partial charge in [0, 0.05) is 0 Å². The quantitative estimate of drug-likeness (QED) is 0.774. The third-order valence-corrected chi connectivity index (χ3v) is 4.61. The molecule has 0 spiro atoms. The van der Waals surface area contributed by atoms with Crippen molar-refractivity contribution in [1.82, 2.24) is 0 Å². The number of hydrogen-bond donors (Lipinski definition) is 1. The Kier molecular flexibility index (Phi) is 5.10. The zero-order valence-corrected chi connectivity index (χ0v) is 15.7. The molecule has 0 amide bonds. The molecule has 1 N–H and O–H groups in total. The summed E-state index contributed by atoms with van der Waals surface area (Å²) < 4.78 is 29.1. The van der Waals surface area contributed by atoms with Crippen molar-refractivity contribution in [3.05, 3.63) is 0 Å². The number of aliphatic hydroxyl groups excluding tert-OH is 1. The van der Waals surface area contributed by atoms with Crippen LogP contribution in [0.25, 0.3) is 0 Å². The molecule has 4 atom stereocenters. The lowest BCUT2D eigenvalue weighted by Crippen LogP contribution is -2.52. The first kappa shape index (κ1) is 18.3. The van der Waals surface area contributed by atoms with Crippen molar-refractivity contribution in [2.75, 3.05) is 13.2 Å². The minimum atomic E-state index is -1.88. The Balaban J connectivity index is 2.11. The standard InChI is InChI=1S/C15H30O6Si/c1-14(2)17-8-10(19-14)12(16)13(21-22(5,6)7)11-9-18-15(3,4)20-11/h10-13,16H,8-9H2,1-7H3/t10-,11-,12-,13-/m1/s1. The van der Waals surface area contributed by atoms with Crippen LogP contribution < -0.4 is 0 Å². The fourth-order valence-corrected chi connectivity index (χ4v) is 3.85. The van der Waals surface area contributed by atoms with E-state index >= 15 is 0 Å². The van der Waals surface area contributed by atoms with E-state index in [-0.39, 0.29) is 6.10 Å². The van der Waals surface area contributed by atoms with E-state index in [1.807, 2.05) is 27.7 Å². The monoisotopic (exact) mass is 334 g/mol. The van der Waals surface area contributed by atoms with E-state index in [2.05, 4.69) is 19.6 Å². The summed E-state index contributed by atoms with van der Waals surface area (Å²) in [5.74, 6) is -1.33. The third kappa shape index (κ3) is 4.74. The maximum absolute atomic E-state index is 10.8. The highest BCUT2D eigenvalue weighted by molar-refractivity contribution is 6.69. The first-order valence-electron chi connectivity index (χ1n) is 7.88. The fourth-order valence-electron chi connectivity index (χ4n) is 2.75. The van der Waals surface area contributed by atoms with Gasteiger partial charge < -0.3 is 28.5 Å². The Hall–Kier alpha value is -0.0231. The number of hydrogen-bond acceptors (Lipinski definition) is 6. The van der Waals surface area contributed by atoms with Crippen molar-refractivity contribution in [3.63, 3.8) is 0 Å². The number of aliphatic hydroxyl groups is 1. The Labute approximate surface area is 134 Å². The highest BCUT2D eigenvalue weighted by atomic mass is 28.4.